The summed E-state index contributed by atoms with van der Waals surface area (Å²) in [4.78, 5) is 8.03. The molecule has 8 nitrogen and oxygen atoms in total. The number of nitrogen functional groups attached to an aromatic ring is 1. The third kappa shape index (κ3) is 1.61. The maximum Gasteiger partial charge on any atom is 0.258 e. The van der Waals surface area contributed by atoms with Crippen LogP contribution < -0.4 is 5.73 Å². The van der Waals surface area contributed by atoms with E-state index in [-0.39, 0.29) is 17.3 Å². The van der Waals surface area contributed by atoms with Gasteiger partial charge in [0, 0.05) is 18.0 Å². The zero-order valence-electron chi connectivity index (χ0n) is 8.44. The molecule has 0 atom stereocenters. The second-order valence-electron chi connectivity index (χ2n) is 3.16. The Hall–Kier alpha value is -2.77. The van der Waals surface area contributed by atoms with E-state index in [1.807, 2.05) is 0 Å². The summed E-state index contributed by atoms with van der Waals surface area (Å²) in [5, 5.41) is 10.8. The number of nitrogens with two attached hydrogens (primary N) is 1. The molecule has 3 rings (SSSR count). The van der Waals surface area contributed by atoms with Crippen LogP contribution in [-0.2, 0) is 0 Å². The SMILES string of the molecule is Nc1nonc1-c1noc(-c2ccncc2)n1. The molecule has 0 radical (unpaired) electrons. The Bertz CT molecular complexity index is 632. The number of hydrogen-bond acceptors (Lipinski definition) is 8. The van der Waals surface area contributed by atoms with Crippen molar-refractivity contribution in [3.63, 3.8) is 0 Å². The van der Waals surface area contributed by atoms with Crippen molar-refractivity contribution in [2.45, 2.75) is 0 Å². The maximum absolute atomic E-state index is 5.52. The van der Waals surface area contributed by atoms with Crippen LogP contribution in [0.4, 0.5) is 5.82 Å². The lowest BCUT2D eigenvalue weighted by molar-refractivity contribution is 0.310. The average molecular weight is 230 g/mol. The molecule has 84 valence electrons. The summed E-state index contributed by atoms with van der Waals surface area (Å²) >= 11 is 0. The molecule has 3 aromatic heterocycles. The first-order valence-electron chi connectivity index (χ1n) is 4.67. The van der Waals surface area contributed by atoms with Crippen LogP contribution in [0.2, 0.25) is 0 Å². The molecule has 0 amide bonds. The minimum absolute atomic E-state index is 0.118. The molecule has 0 spiro atoms. The molecule has 0 saturated carbocycles. The van der Waals surface area contributed by atoms with E-state index in [2.05, 4.69) is 30.1 Å². The Kier molecular flexibility index (Phi) is 2.04. The lowest BCUT2D eigenvalue weighted by atomic mass is 10.3. The third-order valence-corrected chi connectivity index (χ3v) is 2.08. The molecule has 3 heterocycles. The van der Waals surface area contributed by atoms with E-state index in [1.54, 1.807) is 24.5 Å². The molecule has 0 bridgehead atoms. The fourth-order valence-corrected chi connectivity index (χ4v) is 1.28. The maximum atomic E-state index is 5.52. The van der Waals surface area contributed by atoms with Crippen LogP contribution in [0, 0.1) is 0 Å². The molecular weight excluding hydrogens is 224 g/mol. The largest absolute Gasteiger partial charge is 0.379 e. The van der Waals surface area contributed by atoms with Gasteiger partial charge in [0.25, 0.3) is 5.89 Å². The van der Waals surface area contributed by atoms with E-state index in [0.717, 1.165) is 5.56 Å². The smallest absolute Gasteiger partial charge is 0.258 e. The van der Waals surface area contributed by atoms with Crippen molar-refractivity contribution in [1.29, 1.82) is 0 Å². The predicted molar refractivity (Wildman–Crippen MR) is 55.2 cm³/mol. The first-order valence-corrected chi connectivity index (χ1v) is 4.67. The van der Waals surface area contributed by atoms with Gasteiger partial charge in [-0.2, -0.15) is 4.98 Å². The second-order valence-corrected chi connectivity index (χ2v) is 3.16. The monoisotopic (exact) mass is 230 g/mol. The summed E-state index contributed by atoms with van der Waals surface area (Å²) < 4.78 is 9.53. The van der Waals surface area contributed by atoms with Gasteiger partial charge < -0.3 is 10.3 Å². The summed E-state index contributed by atoms with van der Waals surface area (Å²) in [5.74, 6) is 0.701. The van der Waals surface area contributed by atoms with E-state index in [4.69, 9.17) is 10.3 Å². The van der Waals surface area contributed by atoms with Gasteiger partial charge in [-0.15, -0.1) is 0 Å². The summed E-state index contributed by atoms with van der Waals surface area (Å²) in [6.07, 6.45) is 3.26. The Morgan fingerprint density at radius 2 is 1.88 bits per heavy atom. The highest BCUT2D eigenvalue weighted by molar-refractivity contribution is 5.63. The van der Waals surface area contributed by atoms with E-state index in [0.29, 0.717) is 5.89 Å². The third-order valence-electron chi connectivity index (χ3n) is 2.08. The van der Waals surface area contributed by atoms with E-state index in [9.17, 15) is 0 Å². The van der Waals surface area contributed by atoms with Gasteiger partial charge in [-0.3, -0.25) is 4.98 Å². The number of hydrogen-bond donors (Lipinski definition) is 1. The van der Waals surface area contributed by atoms with E-state index < -0.39 is 0 Å². The molecule has 0 aliphatic rings. The number of aromatic nitrogens is 5. The van der Waals surface area contributed by atoms with Crippen molar-refractivity contribution in [2.75, 3.05) is 5.73 Å². The Labute approximate surface area is 94.4 Å². The van der Waals surface area contributed by atoms with Crippen molar-refractivity contribution in [3.05, 3.63) is 24.5 Å². The van der Waals surface area contributed by atoms with Gasteiger partial charge >= 0.3 is 0 Å². The molecule has 0 aromatic carbocycles. The molecular formula is C9H6N6O2. The van der Waals surface area contributed by atoms with E-state index in [1.165, 1.54) is 0 Å². The van der Waals surface area contributed by atoms with Gasteiger partial charge in [0.15, 0.2) is 11.5 Å². The zero-order valence-corrected chi connectivity index (χ0v) is 8.44. The fourth-order valence-electron chi connectivity index (χ4n) is 1.28. The molecule has 0 unspecified atom stereocenters. The average Bonchev–Trinajstić information content (AvgIpc) is 2.98. The molecule has 0 saturated heterocycles. The standard InChI is InChI=1S/C9H6N6O2/c10-7-6(13-17-14-7)8-12-9(16-15-8)5-1-3-11-4-2-5/h1-4H,(H2,10,14). The van der Waals surface area contributed by atoms with Crippen LogP contribution in [0.1, 0.15) is 0 Å². The number of anilines is 1. The molecule has 3 aromatic rings. The Morgan fingerprint density at radius 3 is 2.59 bits per heavy atom. The van der Waals surface area contributed by atoms with E-state index >= 15 is 0 Å². The quantitative estimate of drug-likeness (QED) is 0.685. The van der Waals surface area contributed by atoms with Gasteiger partial charge in [-0.05, 0) is 22.4 Å². The number of pyridine rings is 1. The van der Waals surface area contributed by atoms with Gasteiger partial charge in [-0.25, -0.2) is 4.63 Å². The zero-order chi connectivity index (χ0) is 11.7. The molecule has 2 N–H and O–H groups in total. The minimum Gasteiger partial charge on any atom is -0.379 e. The normalized spacial score (nSPS) is 10.6. The lowest BCUT2D eigenvalue weighted by Gasteiger charge is -1.89. The van der Waals surface area contributed by atoms with Gasteiger partial charge in [-0.1, -0.05) is 5.16 Å². The highest BCUT2D eigenvalue weighted by atomic mass is 16.6. The Morgan fingerprint density at radius 1 is 1.06 bits per heavy atom. The Balaban J connectivity index is 2.02. The lowest BCUT2D eigenvalue weighted by Crippen LogP contribution is -1.89. The topological polar surface area (TPSA) is 117 Å². The van der Waals surface area contributed by atoms with Crippen LogP contribution >= 0.6 is 0 Å². The van der Waals surface area contributed by atoms with Crippen LogP contribution in [0.3, 0.4) is 0 Å². The summed E-state index contributed by atoms with van der Waals surface area (Å²) in [6.45, 7) is 0. The van der Waals surface area contributed by atoms with Crippen LogP contribution in [-0.4, -0.2) is 25.4 Å². The van der Waals surface area contributed by atoms with Crippen molar-refractivity contribution in [1.82, 2.24) is 25.4 Å². The second kappa shape index (κ2) is 3.67. The van der Waals surface area contributed by atoms with Gasteiger partial charge in [0.2, 0.25) is 5.82 Å². The van der Waals surface area contributed by atoms with Crippen molar-refractivity contribution in [3.8, 4) is 23.0 Å². The first kappa shape index (κ1) is 9.46. The van der Waals surface area contributed by atoms with Crippen LogP contribution in [0.25, 0.3) is 23.0 Å². The number of nitrogens with zero attached hydrogens (tertiary/aromatic N) is 5. The molecule has 8 heteroatoms. The molecule has 0 fully saturated rings. The summed E-state index contributed by atoms with van der Waals surface area (Å²) in [7, 11) is 0. The first-order chi connectivity index (χ1) is 8.34. The van der Waals surface area contributed by atoms with Crippen molar-refractivity contribution < 1.29 is 9.15 Å². The highest BCUT2D eigenvalue weighted by Gasteiger charge is 2.17. The fraction of sp³-hybridized carbons (Fsp3) is 0. The minimum atomic E-state index is 0.118. The molecule has 17 heavy (non-hydrogen) atoms. The number of rotatable bonds is 2. The highest BCUT2D eigenvalue weighted by Crippen LogP contribution is 2.22. The molecule has 0 aliphatic heterocycles. The van der Waals surface area contributed by atoms with Crippen LogP contribution in [0.5, 0.6) is 0 Å². The van der Waals surface area contributed by atoms with Crippen LogP contribution in [0.15, 0.2) is 33.7 Å². The predicted octanol–water partition coefficient (Wildman–Crippen LogP) is 0.764. The van der Waals surface area contributed by atoms with Crippen molar-refractivity contribution >= 4 is 5.82 Å². The van der Waals surface area contributed by atoms with Gasteiger partial charge in [0.05, 0.1) is 0 Å². The van der Waals surface area contributed by atoms with Crippen molar-refractivity contribution in [2.24, 2.45) is 0 Å². The summed E-state index contributed by atoms with van der Waals surface area (Å²) in [5.41, 5.74) is 6.54. The van der Waals surface area contributed by atoms with Gasteiger partial charge in [0.1, 0.15) is 0 Å². The summed E-state index contributed by atoms with van der Waals surface area (Å²) in [6, 6.07) is 3.50. The molecule has 0 aliphatic carbocycles.